The van der Waals surface area contributed by atoms with Crippen LogP contribution < -0.4 is 19.9 Å². The molecule has 0 unspecified atom stereocenters. The number of para-hydroxylation sites is 2. The van der Waals surface area contributed by atoms with E-state index in [-0.39, 0.29) is 0 Å². The molecular weight excluding hydrogens is 302 g/mol. The number of hydrogen-bond donors (Lipinski definition) is 2. The molecule has 0 bridgehead atoms. The van der Waals surface area contributed by atoms with E-state index in [0.717, 1.165) is 18.8 Å². The third-order valence-corrected chi connectivity index (χ3v) is 3.75. The maximum atomic E-state index is 11.8. The lowest BCUT2D eigenvalue weighted by atomic mass is 10.2. The number of likely N-dealkylation sites (N-methyl/N-ethyl adjacent to an activating group) is 1. The fourth-order valence-corrected chi connectivity index (χ4v) is 2.47. The average Bonchev–Trinajstić information content (AvgIpc) is 2.52. The van der Waals surface area contributed by atoms with Gasteiger partial charge in [-0.1, -0.05) is 12.1 Å². The quantitative estimate of drug-likeness (QED) is 0.572. The van der Waals surface area contributed by atoms with Crippen molar-refractivity contribution in [1.82, 2.24) is 5.32 Å². The predicted octanol–water partition coefficient (Wildman–Crippen LogP) is -0.554. The van der Waals surface area contributed by atoms with E-state index in [4.69, 9.17) is 21.7 Å². The van der Waals surface area contributed by atoms with Crippen molar-refractivity contribution >= 4 is 29.0 Å². The number of esters is 1. The second kappa shape index (κ2) is 7.42. The van der Waals surface area contributed by atoms with Gasteiger partial charge in [0.05, 0.1) is 46.5 Å². The summed E-state index contributed by atoms with van der Waals surface area (Å²) in [6.07, 6.45) is -0.681. The van der Waals surface area contributed by atoms with Gasteiger partial charge in [0.15, 0.2) is 5.11 Å². The Bertz CT molecular complexity index is 551. The van der Waals surface area contributed by atoms with E-state index in [1.165, 1.54) is 12.0 Å². The zero-order valence-electron chi connectivity index (χ0n) is 13.1. The molecule has 1 aliphatic heterocycles. The van der Waals surface area contributed by atoms with E-state index >= 15 is 0 Å². The van der Waals surface area contributed by atoms with Crippen molar-refractivity contribution in [2.75, 3.05) is 45.7 Å². The molecule has 1 aliphatic rings. The molecule has 22 heavy (non-hydrogen) atoms. The molecule has 0 aliphatic carbocycles. The molecule has 2 rings (SSSR count). The first kappa shape index (κ1) is 16.5. The number of fused-ring (bicyclic) bond motifs is 1. The number of carbonyl (C=O) groups excluding carboxylic acids is 1. The van der Waals surface area contributed by atoms with Gasteiger partial charge in [-0.15, -0.1) is 0 Å². The molecular formula is C15H22N3O3S+. The molecule has 0 aromatic heterocycles. The Morgan fingerprint density at radius 2 is 2.23 bits per heavy atom. The first-order chi connectivity index (χ1) is 10.5. The van der Waals surface area contributed by atoms with Crippen LogP contribution in [0.15, 0.2) is 24.3 Å². The molecule has 0 saturated carbocycles. The van der Waals surface area contributed by atoms with Gasteiger partial charge in [0.1, 0.15) is 5.75 Å². The smallest absolute Gasteiger partial charge is 0.348 e. The Hall–Kier alpha value is -1.86. The van der Waals surface area contributed by atoms with Crippen LogP contribution in [0.3, 0.4) is 0 Å². The molecule has 0 fully saturated rings. The molecule has 1 heterocycles. The number of thiocarbonyl (C=S) groups is 1. The fourth-order valence-electron chi connectivity index (χ4n) is 2.20. The van der Waals surface area contributed by atoms with Crippen LogP contribution in [0.1, 0.15) is 0 Å². The molecule has 0 spiro atoms. The topological polar surface area (TPSA) is 55.2 Å². The highest BCUT2D eigenvalue weighted by atomic mass is 32.1. The van der Waals surface area contributed by atoms with E-state index in [2.05, 4.69) is 19.4 Å². The van der Waals surface area contributed by atoms with Gasteiger partial charge in [-0.25, -0.2) is 4.79 Å². The van der Waals surface area contributed by atoms with Crippen LogP contribution in [0.25, 0.3) is 0 Å². The molecule has 1 atom stereocenters. The minimum atomic E-state index is -0.681. The van der Waals surface area contributed by atoms with Crippen molar-refractivity contribution in [2.24, 2.45) is 0 Å². The summed E-state index contributed by atoms with van der Waals surface area (Å²) in [5, 5.41) is 3.82. The molecule has 0 amide bonds. The minimum absolute atomic E-state index is 0.338. The van der Waals surface area contributed by atoms with Gasteiger partial charge in [0.25, 0.3) is 0 Å². The number of anilines is 1. The van der Waals surface area contributed by atoms with Gasteiger partial charge >= 0.3 is 5.97 Å². The zero-order valence-corrected chi connectivity index (χ0v) is 13.9. The van der Waals surface area contributed by atoms with E-state index in [0.29, 0.717) is 17.4 Å². The second-order valence-electron chi connectivity index (χ2n) is 5.40. The van der Waals surface area contributed by atoms with Crippen molar-refractivity contribution in [1.29, 1.82) is 0 Å². The molecule has 120 valence electrons. The van der Waals surface area contributed by atoms with Gasteiger partial charge in [-0.3, -0.25) is 0 Å². The van der Waals surface area contributed by atoms with Gasteiger partial charge in [0.2, 0.25) is 6.10 Å². The van der Waals surface area contributed by atoms with Crippen molar-refractivity contribution < 1.29 is 19.2 Å². The summed E-state index contributed by atoms with van der Waals surface area (Å²) in [6.45, 7) is 2.06. The summed E-state index contributed by atoms with van der Waals surface area (Å²) in [4.78, 5) is 15.0. The summed E-state index contributed by atoms with van der Waals surface area (Å²) in [7, 11) is 5.52. The molecule has 2 N–H and O–H groups in total. The van der Waals surface area contributed by atoms with Crippen molar-refractivity contribution in [2.45, 2.75) is 6.10 Å². The van der Waals surface area contributed by atoms with E-state index in [1.807, 2.05) is 29.2 Å². The number of carbonyl (C=O) groups is 1. The third kappa shape index (κ3) is 3.86. The highest BCUT2D eigenvalue weighted by Gasteiger charge is 2.33. The monoisotopic (exact) mass is 324 g/mol. The number of hydrogen-bond acceptors (Lipinski definition) is 4. The van der Waals surface area contributed by atoms with E-state index < -0.39 is 12.1 Å². The van der Waals surface area contributed by atoms with E-state index in [9.17, 15) is 4.79 Å². The number of nitrogens with one attached hydrogen (secondary N) is 2. The van der Waals surface area contributed by atoms with Crippen LogP contribution in [0.5, 0.6) is 5.75 Å². The second-order valence-corrected chi connectivity index (χ2v) is 5.78. The molecule has 6 nitrogen and oxygen atoms in total. The van der Waals surface area contributed by atoms with Crippen LogP contribution in [0.2, 0.25) is 0 Å². The van der Waals surface area contributed by atoms with Crippen molar-refractivity contribution in [3.8, 4) is 5.75 Å². The minimum Gasteiger partial charge on any atom is -0.475 e. The van der Waals surface area contributed by atoms with Crippen molar-refractivity contribution in [3.05, 3.63) is 24.3 Å². The highest BCUT2D eigenvalue weighted by molar-refractivity contribution is 7.80. The van der Waals surface area contributed by atoms with E-state index in [1.54, 1.807) is 0 Å². The summed E-state index contributed by atoms with van der Waals surface area (Å²) < 4.78 is 10.5. The number of quaternary nitrogens is 1. The summed E-state index contributed by atoms with van der Waals surface area (Å²) in [5.74, 6) is 0.228. The SMILES string of the molecule is COC(=O)[C@@H]1CN(C(=S)NCC[NH+](C)C)c2ccccc2O1. The number of ether oxygens (including phenoxy) is 2. The molecule has 1 aromatic rings. The standard InChI is InChI=1S/C15H21N3O3S/c1-17(2)9-8-16-15(22)18-10-13(14(19)20-3)21-12-7-5-4-6-11(12)18/h4-7,13H,8-10H2,1-3H3,(H,16,22)/p+1/t13-/m0/s1. The Morgan fingerprint density at radius 3 is 2.91 bits per heavy atom. The summed E-state index contributed by atoms with van der Waals surface area (Å²) >= 11 is 5.48. The Kier molecular flexibility index (Phi) is 5.57. The lowest BCUT2D eigenvalue weighted by Gasteiger charge is -2.35. The first-order valence-electron chi connectivity index (χ1n) is 7.21. The Labute approximate surface area is 136 Å². The van der Waals surface area contributed by atoms with Crippen molar-refractivity contribution in [3.63, 3.8) is 0 Å². The summed E-state index contributed by atoms with van der Waals surface area (Å²) in [5.41, 5.74) is 0.859. The summed E-state index contributed by atoms with van der Waals surface area (Å²) in [6, 6.07) is 7.53. The number of nitrogens with zero attached hydrogens (tertiary/aromatic N) is 1. The Morgan fingerprint density at radius 1 is 1.50 bits per heavy atom. The van der Waals surface area contributed by atoms with Gasteiger partial charge in [-0.05, 0) is 24.4 Å². The normalized spacial score (nSPS) is 16.7. The highest BCUT2D eigenvalue weighted by Crippen LogP contribution is 2.33. The molecule has 0 radical (unpaired) electrons. The molecule has 1 aromatic carbocycles. The number of methoxy groups -OCH3 is 1. The largest absolute Gasteiger partial charge is 0.475 e. The van der Waals surface area contributed by atoms with Crippen LogP contribution in [-0.4, -0.2) is 58.0 Å². The lowest BCUT2D eigenvalue weighted by molar-refractivity contribution is -0.856. The van der Waals surface area contributed by atoms with Gasteiger partial charge in [0, 0.05) is 0 Å². The molecule has 7 heteroatoms. The van der Waals surface area contributed by atoms with Crippen LogP contribution in [0.4, 0.5) is 5.69 Å². The third-order valence-electron chi connectivity index (χ3n) is 3.38. The zero-order chi connectivity index (χ0) is 16.1. The fraction of sp³-hybridized carbons (Fsp3) is 0.467. The predicted molar refractivity (Wildman–Crippen MR) is 88.5 cm³/mol. The van der Waals surface area contributed by atoms with Crippen LogP contribution >= 0.6 is 12.2 Å². The van der Waals surface area contributed by atoms with Crippen LogP contribution in [-0.2, 0) is 9.53 Å². The van der Waals surface area contributed by atoms with Crippen LogP contribution in [0, 0.1) is 0 Å². The first-order valence-corrected chi connectivity index (χ1v) is 7.61. The number of rotatable bonds is 4. The van der Waals surface area contributed by atoms with Gasteiger partial charge in [-0.2, -0.15) is 0 Å². The Balaban J connectivity index is 2.14. The molecule has 0 saturated heterocycles. The lowest BCUT2D eigenvalue weighted by Crippen LogP contribution is -3.06. The number of benzene rings is 1. The van der Waals surface area contributed by atoms with Gasteiger partial charge < -0.3 is 24.6 Å². The maximum absolute atomic E-state index is 11.8. The maximum Gasteiger partial charge on any atom is 0.348 e. The average molecular weight is 324 g/mol.